The summed E-state index contributed by atoms with van der Waals surface area (Å²) in [6, 6.07) is 13.7. The molecule has 128 valence electrons. The summed E-state index contributed by atoms with van der Waals surface area (Å²) in [7, 11) is 0. The zero-order chi connectivity index (χ0) is 17.4. The van der Waals surface area contributed by atoms with Crippen molar-refractivity contribution in [2.75, 3.05) is 19.7 Å². The van der Waals surface area contributed by atoms with E-state index in [1.807, 2.05) is 25.1 Å². The van der Waals surface area contributed by atoms with Gasteiger partial charge >= 0.3 is 0 Å². The molecule has 0 radical (unpaired) electrons. The third-order valence-electron chi connectivity index (χ3n) is 4.49. The fraction of sp³-hybridized carbons (Fsp3) is 0.250. The van der Waals surface area contributed by atoms with Gasteiger partial charge in [-0.15, -0.1) is 0 Å². The largest absolute Gasteiger partial charge is 0.461 e. The average molecular weight is 339 g/mol. The molecular weight excluding hydrogens is 321 g/mol. The minimum absolute atomic E-state index is 0.0737. The SMILES string of the molecule is Cc1cc2cccc(C(=O)N3CCO[C@@H](c4ccc(F)cc4)C3)c2o1. The van der Waals surface area contributed by atoms with Gasteiger partial charge in [0.25, 0.3) is 5.91 Å². The maximum absolute atomic E-state index is 13.1. The number of carbonyl (C=O) groups excluding carboxylic acids is 1. The van der Waals surface area contributed by atoms with Gasteiger partial charge in [0.2, 0.25) is 0 Å². The molecular formula is C20H18FNO3. The van der Waals surface area contributed by atoms with Crippen molar-refractivity contribution in [2.45, 2.75) is 13.0 Å². The van der Waals surface area contributed by atoms with Crippen LogP contribution in [0.15, 0.2) is 52.9 Å². The number of aryl methyl sites for hydroxylation is 1. The molecule has 1 atom stereocenters. The number of amides is 1. The molecule has 25 heavy (non-hydrogen) atoms. The first kappa shape index (κ1) is 15.8. The van der Waals surface area contributed by atoms with Crippen LogP contribution in [0.2, 0.25) is 0 Å². The highest BCUT2D eigenvalue weighted by atomic mass is 19.1. The summed E-state index contributed by atoms with van der Waals surface area (Å²) in [4.78, 5) is 14.8. The van der Waals surface area contributed by atoms with Crippen LogP contribution in [-0.4, -0.2) is 30.5 Å². The number of ether oxygens (including phenoxy) is 1. The number of nitrogens with zero attached hydrogens (tertiary/aromatic N) is 1. The number of furan rings is 1. The van der Waals surface area contributed by atoms with Crippen LogP contribution in [0.25, 0.3) is 11.0 Å². The fourth-order valence-corrected chi connectivity index (χ4v) is 3.24. The van der Waals surface area contributed by atoms with Gasteiger partial charge in [-0.2, -0.15) is 0 Å². The van der Waals surface area contributed by atoms with Crippen molar-refractivity contribution in [1.29, 1.82) is 0 Å². The molecule has 1 fully saturated rings. The molecule has 4 nitrogen and oxygen atoms in total. The fourth-order valence-electron chi connectivity index (χ4n) is 3.24. The van der Waals surface area contributed by atoms with E-state index in [9.17, 15) is 9.18 Å². The van der Waals surface area contributed by atoms with Crippen LogP contribution in [0.1, 0.15) is 27.8 Å². The summed E-state index contributed by atoms with van der Waals surface area (Å²) in [6.07, 6.45) is -0.254. The molecule has 1 aliphatic heterocycles. The van der Waals surface area contributed by atoms with Gasteiger partial charge in [-0.25, -0.2) is 4.39 Å². The Balaban J connectivity index is 1.60. The highest BCUT2D eigenvalue weighted by Crippen LogP contribution is 2.27. The molecule has 0 saturated carbocycles. The van der Waals surface area contributed by atoms with E-state index in [4.69, 9.17) is 9.15 Å². The van der Waals surface area contributed by atoms with Gasteiger partial charge in [-0.05, 0) is 36.8 Å². The lowest BCUT2D eigenvalue weighted by atomic mass is 10.1. The molecule has 0 bridgehead atoms. The van der Waals surface area contributed by atoms with E-state index < -0.39 is 0 Å². The van der Waals surface area contributed by atoms with Crippen LogP contribution in [0.5, 0.6) is 0 Å². The second kappa shape index (κ2) is 6.33. The van der Waals surface area contributed by atoms with Crippen LogP contribution in [-0.2, 0) is 4.74 Å². The van der Waals surface area contributed by atoms with Gasteiger partial charge < -0.3 is 14.1 Å². The zero-order valence-electron chi connectivity index (χ0n) is 13.9. The minimum Gasteiger partial charge on any atom is -0.461 e. The second-order valence-electron chi connectivity index (χ2n) is 6.24. The molecule has 4 rings (SSSR count). The summed E-state index contributed by atoms with van der Waals surface area (Å²) in [6.45, 7) is 3.27. The molecule has 1 saturated heterocycles. The van der Waals surface area contributed by atoms with Crippen LogP contribution < -0.4 is 0 Å². The molecule has 1 aromatic heterocycles. The molecule has 0 unspecified atom stereocenters. The smallest absolute Gasteiger partial charge is 0.257 e. The van der Waals surface area contributed by atoms with Crippen molar-refractivity contribution < 1.29 is 18.3 Å². The topological polar surface area (TPSA) is 42.7 Å². The third kappa shape index (κ3) is 3.03. The van der Waals surface area contributed by atoms with E-state index in [0.29, 0.717) is 30.8 Å². The Labute approximate surface area is 144 Å². The highest BCUT2D eigenvalue weighted by Gasteiger charge is 2.27. The normalized spacial score (nSPS) is 17.8. The maximum Gasteiger partial charge on any atom is 0.257 e. The number of para-hydroxylation sites is 1. The molecule has 0 N–H and O–H groups in total. The summed E-state index contributed by atoms with van der Waals surface area (Å²) < 4.78 is 24.6. The molecule has 2 aromatic carbocycles. The zero-order valence-corrected chi connectivity index (χ0v) is 13.9. The Hall–Kier alpha value is -2.66. The highest BCUT2D eigenvalue weighted by molar-refractivity contribution is 6.05. The maximum atomic E-state index is 13.1. The molecule has 1 amide bonds. The first-order chi connectivity index (χ1) is 12.1. The van der Waals surface area contributed by atoms with E-state index >= 15 is 0 Å². The van der Waals surface area contributed by atoms with Gasteiger partial charge in [-0.3, -0.25) is 4.79 Å². The standard InChI is InChI=1S/C20H18FNO3/c1-13-11-15-3-2-4-17(19(15)25-13)20(23)22-9-10-24-18(12-22)14-5-7-16(21)8-6-14/h2-8,11,18H,9-10,12H2,1H3/t18-/m1/s1. The molecule has 2 heterocycles. The predicted molar refractivity (Wildman–Crippen MR) is 91.9 cm³/mol. The summed E-state index contributed by atoms with van der Waals surface area (Å²) in [5.41, 5.74) is 2.05. The second-order valence-corrected chi connectivity index (χ2v) is 6.24. The first-order valence-corrected chi connectivity index (χ1v) is 8.27. The van der Waals surface area contributed by atoms with Crippen molar-refractivity contribution in [1.82, 2.24) is 4.90 Å². The summed E-state index contributed by atoms with van der Waals surface area (Å²) in [5, 5.41) is 0.923. The van der Waals surface area contributed by atoms with Crippen molar-refractivity contribution in [3.05, 3.63) is 71.2 Å². The van der Waals surface area contributed by atoms with Crippen LogP contribution >= 0.6 is 0 Å². The lowest BCUT2D eigenvalue weighted by Crippen LogP contribution is -2.42. The average Bonchev–Trinajstić information content (AvgIpc) is 3.02. The van der Waals surface area contributed by atoms with Gasteiger partial charge in [0.05, 0.1) is 18.7 Å². The van der Waals surface area contributed by atoms with E-state index in [0.717, 1.165) is 16.7 Å². The van der Waals surface area contributed by atoms with Gasteiger partial charge in [0.1, 0.15) is 23.3 Å². The van der Waals surface area contributed by atoms with Crippen molar-refractivity contribution >= 4 is 16.9 Å². The number of rotatable bonds is 2. The van der Waals surface area contributed by atoms with Crippen LogP contribution in [0.4, 0.5) is 4.39 Å². The Morgan fingerprint density at radius 2 is 2.00 bits per heavy atom. The molecule has 0 aliphatic carbocycles. The first-order valence-electron chi connectivity index (χ1n) is 8.27. The Morgan fingerprint density at radius 1 is 1.20 bits per heavy atom. The van der Waals surface area contributed by atoms with Crippen molar-refractivity contribution in [2.24, 2.45) is 0 Å². The molecule has 3 aromatic rings. The Kier molecular flexibility index (Phi) is 4.01. The number of fused-ring (bicyclic) bond motifs is 1. The molecule has 1 aliphatic rings. The van der Waals surface area contributed by atoms with Crippen LogP contribution in [0, 0.1) is 12.7 Å². The van der Waals surface area contributed by atoms with E-state index in [2.05, 4.69) is 0 Å². The van der Waals surface area contributed by atoms with E-state index in [-0.39, 0.29) is 17.8 Å². The van der Waals surface area contributed by atoms with Gasteiger partial charge in [0, 0.05) is 11.9 Å². The molecule has 5 heteroatoms. The van der Waals surface area contributed by atoms with Gasteiger partial charge in [-0.1, -0.05) is 24.3 Å². The van der Waals surface area contributed by atoms with Crippen molar-refractivity contribution in [3.63, 3.8) is 0 Å². The minimum atomic E-state index is -0.285. The summed E-state index contributed by atoms with van der Waals surface area (Å²) >= 11 is 0. The third-order valence-corrected chi connectivity index (χ3v) is 4.49. The quantitative estimate of drug-likeness (QED) is 0.706. The van der Waals surface area contributed by atoms with Crippen molar-refractivity contribution in [3.8, 4) is 0 Å². The number of halogens is 1. The number of hydrogen-bond donors (Lipinski definition) is 0. The monoisotopic (exact) mass is 339 g/mol. The molecule has 0 spiro atoms. The van der Waals surface area contributed by atoms with Crippen LogP contribution in [0.3, 0.4) is 0 Å². The van der Waals surface area contributed by atoms with Gasteiger partial charge in [0.15, 0.2) is 0 Å². The lowest BCUT2D eigenvalue weighted by Gasteiger charge is -2.33. The number of morpholine rings is 1. The summed E-state index contributed by atoms with van der Waals surface area (Å²) in [5.74, 6) is 0.420. The van der Waals surface area contributed by atoms with E-state index in [1.165, 1.54) is 12.1 Å². The number of hydrogen-bond acceptors (Lipinski definition) is 3. The Bertz CT molecular complexity index is 916. The van der Waals surface area contributed by atoms with E-state index in [1.54, 1.807) is 23.1 Å². The number of benzene rings is 2. The lowest BCUT2D eigenvalue weighted by molar-refractivity contribution is -0.0228. The number of carbonyl (C=O) groups is 1. The predicted octanol–water partition coefficient (Wildman–Crippen LogP) is 4.09. The Morgan fingerprint density at radius 3 is 2.80 bits per heavy atom.